The molecule has 0 bridgehead atoms. The fraction of sp³-hybridized carbons (Fsp3) is 1.00. The van der Waals surface area contributed by atoms with Gasteiger partial charge in [0.15, 0.2) is 0 Å². The van der Waals surface area contributed by atoms with Gasteiger partial charge in [0.2, 0.25) is 0 Å². The normalized spacial score (nSPS) is 21.0. The Morgan fingerprint density at radius 2 is 1.67 bits per heavy atom. The van der Waals surface area contributed by atoms with Crippen LogP contribution in [0.25, 0.3) is 0 Å². The van der Waals surface area contributed by atoms with E-state index in [2.05, 4.69) is 0 Å². The first-order valence-electron chi connectivity index (χ1n) is 3.45. The average Bonchev–Trinajstić information content (AvgIpc) is 1.84. The Kier molecular flexibility index (Phi) is 3.82. The first-order valence-corrected chi connectivity index (χ1v) is 3.45. The van der Waals surface area contributed by atoms with Crippen molar-refractivity contribution in [2.45, 2.75) is 39.4 Å². The summed E-state index contributed by atoms with van der Waals surface area (Å²) in [7, 11) is 0. The molecule has 56 valence electrons. The first kappa shape index (κ1) is 8.92. The third-order valence-corrected chi connectivity index (χ3v) is 1.79. The highest BCUT2D eigenvalue weighted by Crippen LogP contribution is 2.10. The molecule has 2 nitrogen and oxygen atoms in total. The van der Waals surface area contributed by atoms with Gasteiger partial charge in [0.1, 0.15) is 0 Å². The second-order valence-corrected chi connectivity index (χ2v) is 2.58. The van der Waals surface area contributed by atoms with Crippen LogP contribution in [0, 0.1) is 5.92 Å². The summed E-state index contributed by atoms with van der Waals surface area (Å²) < 4.78 is 0. The lowest BCUT2D eigenvalue weighted by Gasteiger charge is -2.19. The van der Waals surface area contributed by atoms with E-state index in [4.69, 9.17) is 10.2 Å². The zero-order chi connectivity index (χ0) is 7.44. The van der Waals surface area contributed by atoms with Crippen LogP contribution >= 0.6 is 0 Å². The van der Waals surface area contributed by atoms with Crippen LogP contribution in [0.3, 0.4) is 0 Å². The van der Waals surface area contributed by atoms with E-state index in [-0.39, 0.29) is 12.0 Å². The number of hydrogen-bond acceptors (Lipinski definition) is 2. The van der Waals surface area contributed by atoms with Crippen molar-refractivity contribution in [2.75, 3.05) is 0 Å². The van der Waals surface area contributed by atoms with Crippen molar-refractivity contribution in [3.05, 3.63) is 0 Å². The molecule has 0 aliphatic carbocycles. The molecule has 0 rings (SSSR count). The van der Waals surface area contributed by atoms with Gasteiger partial charge < -0.3 is 10.2 Å². The molecule has 9 heavy (non-hydrogen) atoms. The van der Waals surface area contributed by atoms with Crippen LogP contribution in [0.2, 0.25) is 0 Å². The van der Waals surface area contributed by atoms with Crippen molar-refractivity contribution in [3.63, 3.8) is 0 Å². The zero-order valence-electron chi connectivity index (χ0n) is 6.33. The van der Waals surface area contributed by atoms with Crippen molar-refractivity contribution in [3.8, 4) is 0 Å². The molecule has 0 heterocycles. The Bertz CT molecular complexity index is 71.3. The quantitative estimate of drug-likeness (QED) is 0.595. The van der Waals surface area contributed by atoms with E-state index in [1.54, 1.807) is 6.92 Å². The SMILES string of the molecule is CC[C@H](O)[C@@H](C)[C@@H](C)O. The first-order chi connectivity index (χ1) is 4.09. The highest BCUT2D eigenvalue weighted by molar-refractivity contribution is 4.66. The van der Waals surface area contributed by atoms with Crippen LogP contribution in [0.5, 0.6) is 0 Å². The Morgan fingerprint density at radius 1 is 1.22 bits per heavy atom. The molecule has 0 aliphatic heterocycles. The topological polar surface area (TPSA) is 40.5 Å². The minimum Gasteiger partial charge on any atom is -0.393 e. The second kappa shape index (κ2) is 3.85. The number of aliphatic hydroxyl groups excluding tert-OH is 2. The fourth-order valence-electron chi connectivity index (χ4n) is 0.693. The van der Waals surface area contributed by atoms with E-state index in [1.165, 1.54) is 0 Å². The van der Waals surface area contributed by atoms with Crippen molar-refractivity contribution >= 4 is 0 Å². The highest BCUT2D eigenvalue weighted by atomic mass is 16.3. The fourth-order valence-corrected chi connectivity index (χ4v) is 0.693. The van der Waals surface area contributed by atoms with Crippen LogP contribution in [0.4, 0.5) is 0 Å². The molecule has 0 aromatic heterocycles. The molecule has 0 saturated heterocycles. The van der Waals surface area contributed by atoms with Gasteiger partial charge in [0.05, 0.1) is 12.2 Å². The van der Waals surface area contributed by atoms with Crippen LogP contribution in [-0.2, 0) is 0 Å². The molecule has 0 unspecified atom stereocenters. The Balaban J connectivity index is 3.58. The summed E-state index contributed by atoms with van der Waals surface area (Å²) in [6.45, 7) is 5.45. The maximum absolute atomic E-state index is 9.14. The van der Waals surface area contributed by atoms with Crippen molar-refractivity contribution < 1.29 is 10.2 Å². The van der Waals surface area contributed by atoms with E-state index in [1.807, 2.05) is 13.8 Å². The number of rotatable bonds is 3. The third-order valence-electron chi connectivity index (χ3n) is 1.79. The van der Waals surface area contributed by atoms with E-state index in [9.17, 15) is 0 Å². The van der Waals surface area contributed by atoms with Gasteiger partial charge in [-0.2, -0.15) is 0 Å². The van der Waals surface area contributed by atoms with Gasteiger partial charge in [-0.1, -0.05) is 13.8 Å². The molecule has 0 radical (unpaired) electrons. The van der Waals surface area contributed by atoms with Crippen LogP contribution in [-0.4, -0.2) is 22.4 Å². The summed E-state index contributed by atoms with van der Waals surface area (Å²) in [4.78, 5) is 0. The lowest BCUT2D eigenvalue weighted by atomic mass is 9.98. The number of hydrogen-bond donors (Lipinski definition) is 2. The molecule has 0 aromatic carbocycles. The van der Waals surface area contributed by atoms with Crippen molar-refractivity contribution in [1.29, 1.82) is 0 Å². The van der Waals surface area contributed by atoms with E-state index < -0.39 is 6.10 Å². The summed E-state index contributed by atoms with van der Waals surface area (Å²) in [6.07, 6.45) is -0.0450. The maximum Gasteiger partial charge on any atom is 0.0587 e. The highest BCUT2D eigenvalue weighted by Gasteiger charge is 2.16. The van der Waals surface area contributed by atoms with Crippen LogP contribution < -0.4 is 0 Å². The summed E-state index contributed by atoms with van der Waals surface area (Å²) in [5.41, 5.74) is 0. The Hall–Kier alpha value is -0.0800. The van der Waals surface area contributed by atoms with Gasteiger partial charge in [-0.25, -0.2) is 0 Å². The molecule has 0 aliphatic rings. The van der Waals surface area contributed by atoms with E-state index in [0.29, 0.717) is 6.42 Å². The van der Waals surface area contributed by atoms with Gasteiger partial charge in [0, 0.05) is 5.92 Å². The molecule has 0 saturated carbocycles. The Labute approximate surface area is 56.5 Å². The minimum atomic E-state index is -0.403. The molecule has 0 fully saturated rings. The van der Waals surface area contributed by atoms with Crippen molar-refractivity contribution in [2.24, 2.45) is 5.92 Å². The summed E-state index contributed by atoms with van der Waals surface area (Å²) in [5.74, 6) is -0.00463. The third kappa shape index (κ3) is 2.82. The van der Waals surface area contributed by atoms with Crippen LogP contribution in [0.15, 0.2) is 0 Å². The molecule has 0 spiro atoms. The van der Waals surface area contributed by atoms with Gasteiger partial charge in [0.25, 0.3) is 0 Å². The minimum absolute atomic E-state index is 0.00463. The predicted molar refractivity (Wildman–Crippen MR) is 37.1 cm³/mol. The smallest absolute Gasteiger partial charge is 0.0587 e. The van der Waals surface area contributed by atoms with Crippen molar-refractivity contribution in [1.82, 2.24) is 0 Å². The predicted octanol–water partition coefficient (Wildman–Crippen LogP) is 0.774. The molecular formula is C7H16O2. The molecular weight excluding hydrogens is 116 g/mol. The largest absolute Gasteiger partial charge is 0.393 e. The summed E-state index contributed by atoms with van der Waals surface area (Å²) in [5, 5.41) is 18.1. The summed E-state index contributed by atoms with van der Waals surface area (Å²) >= 11 is 0. The van der Waals surface area contributed by atoms with E-state index >= 15 is 0 Å². The summed E-state index contributed by atoms with van der Waals surface area (Å²) in [6, 6.07) is 0. The Morgan fingerprint density at radius 3 is 1.78 bits per heavy atom. The van der Waals surface area contributed by atoms with Gasteiger partial charge in [-0.3, -0.25) is 0 Å². The lowest BCUT2D eigenvalue weighted by molar-refractivity contribution is 0.0298. The maximum atomic E-state index is 9.14. The average molecular weight is 132 g/mol. The molecule has 3 atom stereocenters. The molecule has 2 heteroatoms. The van der Waals surface area contributed by atoms with Gasteiger partial charge in [-0.05, 0) is 13.3 Å². The van der Waals surface area contributed by atoms with Crippen LogP contribution in [0.1, 0.15) is 27.2 Å². The van der Waals surface area contributed by atoms with E-state index in [0.717, 1.165) is 0 Å². The number of aliphatic hydroxyl groups is 2. The monoisotopic (exact) mass is 132 g/mol. The zero-order valence-corrected chi connectivity index (χ0v) is 6.33. The van der Waals surface area contributed by atoms with Gasteiger partial charge in [-0.15, -0.1) is 0 Å². The standard InChI is InChI=1S/C7H16O2/c1-4-7(9)5(2)6(3)8/h5-9H,4H2,1-3H3/t5-,6+,7-/m0/s1. The molecule has 2 N–H and O–H groups in total. The second-order valence-electron chi connectivity index (χ2n) is 2.58. The molecule has 0 amide bonds. The lowest BCUT2D eigenvalue weighted by Crippen LogP contribution is -2.26. The van der Waals surface area contributed by atoms with Gasteiger partial charge >= 0.3 is 0 Å². The molecule has 0 aromatic rings.